The summed E-state index contributed by atoms with van der Waals surface area (Å²) in [5, 5.41) is 7.69. The van der Waals surface area contributed by atoms with E-state index in [0.717, 1.165) is 41.8 Å². The Morgan fingerprint density at radius 3 is 3.14 bits per heavy atom. The summed E-state index contributed by atoms with van der Waals surface area (Å²) in [7, 11) is 1.63. The highest BCUT2D eigenvalue weighted by Crippen LogP contribution is 2.24. The van der Waals surface area contributed by atoms with E-state index in [1.165, 1.54) is 0 Å². The van der Waals surface area contributed by atoms with Crippen LogP contribution in [-0.4, -0.2) is 37.7 Å². The van der Waals surface area contributed by atoms with Gasteiger partial charge in [-0.3, -0.25) is 5.43 Å². The van der Waals surface area contributed by atoms with E-state index in [1.54, 1.807) is 13.3 Å². The number of ether oxygens (including phenoxy) is 2. The van der Waals surface area contributed by atoms with Crippen molar-refractivity contribution >= 4 is 39.5 Å². The molecule has 2 N–H and O–H groups in total. The topological polar surface area (TPSA) is 54.9 Å². The summed E-state index contributed by atoms with van der Waals surface area (Å²) in [5.41, 5.74) is 3.73. The average Bonchev–Trinajstić information content (AvgIpc) is 2.99. The second-order valence-electron chi connectivity index (χ2n) is 4.61. The number of benzene rings is 1. The van der Waals surface area contributed by atoms with Crippen molar-refractivity contribution in [1.82, 2.24) is 10.7 Å². The minimum atomic E-state index is 0.256. The normalized spacial score (nSPS) is 17.9. The Morgan fingerprint density at radius 1 is 1.62 bits per heavy atom. The van der Waals surface area contributed by atoms with Crippen LogP contribution >= 0.6 is 28.1 Å². The zero-order valence-corrected chi connectivity index (χ0v) is 14.2. The Kier molecular flexibility index (Phi) is 6.41. The molecule has 0 spiro atoms. The van der Waals surface area contributed by atoms with Gasteiger partial charge >= 0.3 is 0 Å². The van der Waals surface area contributed by atoms with E-state index in [-0.39, 0.29) is 6.10 Å². The molecule has 1 aliphatic rings. The Bertz CT molecular complexity index is 519. The van der Waals surface area contributed by atoms with E-state index in [9.17, 15) is 0 Å². The molecule has 0 aliphatic carbocycles. The number of rotatable bonds is 5. The van der Waals surface area contributed by atoms with Crippen LogP contribution in [0.25, 0.3) is 0 Å². The molecule has 1 fully saturated rings. The van der Waals surface area contributed by atoms with Gasteiger partial charge in [-0.15, -0.1) is 0 Å². The molecule has 1 heterocycles. The van der Waals surface area contributed by atoms with Crippen LogP contribution in [0.15, 0.2) is 27.8 Å². The number of nitrogens with zero attached hydrogens (tertiary/aromatic N) is 1. The van der Waals surface area contributed by atoms with E-state index in [1.807, 2.05) is 18.2 Å². The lowest BCUT2D eigenvalue weighted by molar-refractivity contribution is 0.114. The van der Waals surface area contributed by atoms with Crippen LogP contribution < -0.4 is 15.5 Å². The van der Waals surface area contributed by atoms with Crippen molar-refractivity contribution in [2.24, 2.45) is 5.10 Å². The maximum absolute atomic E-state index is 5.51. The van der Waals surface area contributed by atoms with Crippen molar-refractivity contribution in [2.45, 2.75) is 18.9 Å². The van der Waals surface area contributed by atoms with Gasteiger partial charge < -0.3 is 14.8 Å². The molecule has 0 amide bonds. The number of hydrazone groups is 1. The first-order chi connectivity index (χ1) is 10.2. The van der Waals surface area contributed by atoms with E-state index in [4.69, 9.17) is 21.7 Å². The van der Waals surface area contributed by atoms with Gasteiger partial charge in [0.15, 0.2) is 5.11 Å². The van der Waals surface area contributed by atoms with E-state index in [2.05, 4.69) is 31.8 Å². The molecule has 0 unspecified atom stereocenters. The molecule has 0 saturated carbocycles. The molecule has 5 nitrogen and oxygen atoms in total. The molecular formula is C14H18BrN3O2S. The number of hydrogen-bond acceptors (Lipinski definition) is 4. The van der Waals surface area contributed by atoms with Crippen LogP contribution in [0, 0.1) is 0 Å². The first kappa shape index (κ1) is 16.2. The Balaban J connectivity index is 1.76. The van der Waals surface area contributed by atoms with Crippen LogP contribution in [0.5, 0.6) is 5.75 Å². The minimum absolute atomic E-state index is 0.256. The van der Waals surface area contributed by atoms with Crippen LogP contribution in [-0.2, 0) is 4.74 Å². The Labute approximate surface area is 138 Å². The summed E-state index contributed by atoms with van der Waals surface area (Å²) >= 11 is 8.58. The molecule has 21 heavy (non-hydrogen) atoms. The molecule has 1 aromatic carbocycles. The van der Waals surface area contributed by atoms with Crippen molar-refractivity contribution in [3.8, 4) is 5.75 Å². The monoisotopic (exact) mass is 371 g/mol. The second kappa shape index (κ2) is 8.31. The van der Waals surface area contributed by atoms with Gasteiger partial charge in [-0.2, -0.15) is 5.10 Å². The van der Waals surface area contributed by atoms with Crippen molar-refractivity contribution < 1.29 is 9.47 Å². The van der Waals surface area contributed by atoms with Crippen LogP contribution in [0.3, 0.4) is 0 Å². The smallest absolute Gasteiger partial charge is 0.187 e. The Morgan fingerprint density at radius 2 is 2.48 bits per heavy atom. The van der Waals surface area contributed by atoms with Gasteiger partial charge in [0, 0.05) is 13.2 Å². The molecule has 7 heteroatoms. The highest BCUT2D eigenvalue weighted by molar-refractivity contribution is 9.10. The van der Waals surface area contributed by atoms with Gasteiger partial charge in [0.2, 0.25) is 0 Å². The number of hydrogen-bond donors (Lipinski definition) is 2. The first-order valence-corrected chi connectivity index (χ1v) is 7.91. The SMILES string of the molecule is COc1ccc(/C=N\NC(=S)NC[C@H]2CCCO2)cc1Br. The Hall–Kier alpha value is -1.18. The number of thiocarbonyl (C=S) groups is 1. The summed E-state index contributed by atoms with van der Waals surface area (Å²) < 4.78 is 11.6. The van der Waals surface area contributed by atoms with Crippen LogP contribution in [0.4, 0.5) is 0 Å². The lowest BCUT2D eigenvalue weighted by Gasteiger charge is -2.11. The third-order valence-corrected chi connectivity index (χ3v) is 3.93. The highest BCUT2D eigenvalue weighted by atomic mass is 79.9. The highest BCUT2D eigenvalue weighted by Gasteiger charge is 2.14. The van der Waals surface area contributed by atoms with E-state index in [0.29, 0.717) is 5.11 Å². The summed E-state index contributed by atoms with van der Waals surface area (Å²) in [6.07, 6.45) is 4.16. The average molecular weight is 372 g/mol. The van der Waals surface area contributed by atoms with Crippen molar-refractivity contribution in [1.29, 1.82) is 0 Å². The van der Waals surface area contributed by atoms with E-state index < -0.39 is 0 Å². The molecule has 1 saturated heterocycles. The summed E-state index contributed by atoms with van der Waals surface area (Å²) in [4.78, 5) is 0. The van der Waals surface area contributed by atoms with Crippen molar-refractivity contribution in [3.05, 3.63) is 28.2 Å². The summed E-state index contributed by atoms with van der Waals surface area (Å²) in [5.74, 6) is 0.786. The molecular weight excluding hydrogens is 354 g/mol. The van der Waals surface area contributed by atoms with Crippen LogP contribution in [0.1, 0.15) is 18.4 Å². The molecule has 0 bridgehead atoms. The number of methoxy groups -OCH3 is 1. The van der Waals surface area contributed by atoms with Crippen molar-refractivity contribution in [2.75, 3.05) is 20.3 Å². The van der Waals surface area contributed by atoms with Gasteiger partial charge in [0.25, 0.3) is 0 Å². The lowest BCUT2D eigenvalue weighted by Crippen LogP contribution is -2.37. The summed E-state index contributed by atoms with van der Waals surface area (Å²) in [6, 6.07) is 5.71. The molecule has 1 atom stereocenters. The van der Waals surface area contributed by atoms with Crippen molar-refractivity contribution in [3.63, 3.8) is 0 Å². The molecule has 114 valence electrons. The van der Waals surface area contributed by atoms with Gasteiger partial charge in [0.1, 0.15) is 5.75 Å². The lowest BCUT2D eigenvalue weighted by atomic mass is 10.2. The molecule has 1 aliphatic heterocycles. The predicted octanol–water partition coefficient (Wildman–Crippen LogP) is 2.43. The first-order valence-electron chi connectivity index (χ1n) is 6.71. The maximum atomic E-state index is 5.51. The third kappa shape index (κ3) is 5.26. The van der Waals surface area contributed by atoms with Gasteiger partial charge in [-0.1, -0.05) is 0 Å². The maximum Gasteiger partial charge on any atom is 0.187 e. The van der Waals surface area contributed by atoms with Gasteiger partial charge in [-0.25, -0.2) is 0 Å². The zero-order chi connectivity index (χ0) is 15.1. The molecule has 0 radical (unpaired) electrons. The molecule has 0 aromatic heterocycles. The standard InChI is InChI=1S/C14H18BrN3O2S/c1-19-13-5-4-10(7-12(13)15)8-17-18-14(21)16-9-11-3-2-6-20-11/h4-5,7-8,11H,2-3,6,9H2,1H3,(H2,16,18,21)/b17-8-/t11-/m1/s1. The molecule has 2 rings (SSSR count). The largest absolute Gasteiger partial charge is 0.496 e. The fourth-order valence-electron chi connectivity index (χ4n) is 1.98. The van der Waals surface area contributed by atoms with Gasteiger partial charge in [-0.05, 0) is 64.8 Å². The third-order valence-electron chi connectivity index (χ3n) is 3.07. The van der Waals surface area contributed by atoms with Gasteiger partial charge in [0.05, 0.1) is 23.9 Å². The fraction of sp³-hybridized carbons (Fsp3) is 0.429. The zero-order valence-electron chi connectivity index (χ0n) is 11.8. The number of halogens is 1. The second-order valence-corrected chi connectivity index (χ2v) is 5.87. The summed E-state index contributed by atoms with van der Waals surface area (Å²) in [6.45, 7) is 1.56. The fourth-order valence-corrected chi connectivity index (χ4v) is 2.67. The minimum Gasteiger partial charge on any atom is -0.496 e. The van der Waals surface area contributed by atoms with Crippen LogP contribution in [0.2, 0.25) is 0 Å². The predicted molar refractivity (Wildman–Crippen MR) is 91.0 cm³/mol. The quantitative estimate of drug-likeness (QED) is 0.473. The molecule has 1 aromatic rings. The number of nitrogens with one attached hydrogen (secondary N) is 2. The van der Waals surface area contributed by atoms with E-state index >= 15 is 0 Å².